The van der Waals surface area contributed by atoms with E-state index < -0.39 is 0 Å². The predicted octanol–water partition coefficient (Wildman–Crippen LogP) is 5.30. The van der Waals surface area contributed by atoms with E-state index in [1.54, 1.807) is 0 Å². The summed E-state index contributed by atoms with van der Waals surface area (Å²) in [7, 11) is 0. The van der Waals surface area contributed by atoms with Crippen LogP contribution in [0.2, 0.25) is 0 Å². The summed E-state index contributed by atoms with van der Waals surface area (Å²) in [6.45, 7) is 4.04. The molecule has 0 saturated carbocycles. The first-order valence-corrected chi connectivity index (χ1v) is 7.92. The van der Waals surface area contributed by atoms with E-state index in [-0.39, 0.29) is 5.91 Å². The van der Waals surface area contributed by atoms with Gasteiger partial charge in [-0.1, -0.05) is 36.4 Å². The fraction of sp³-hybridized carbons (Fsp3) is 0.0952. The SMILES string of the molecule is Cc1cc(C)cc(NC(=O)c2ccccc2Nc2ccccc2)c1. The van der Waals surface area contributed by atoms with E-state index in [9.17, 15) is 4.79 Å². The van der Waals surface area contributed by atoms with Crippen LogP contribution < -0.4 is 10.6 Å². The van der Waals surface area contributed by atoms with Gasteiger partial charge in [-0.15, -0.1) is 0 Å². The number of carbonyl (C=O) groups is 1. The molecule has 0 heterocycles. The Balaban J connectivity index is 1.85. The third-order valence-electron chi connectivity index (χ3n) is 3.70. The lowest BCUT2D eigenvalue weighted by molar-refractivity contribution is 0.102. The van der Waals surface area contributed by atoms with E-state index in [4.69, 9.17) is 0 Å². The number of hydrogen-bond donors (Lipinski definition) is 2. The van der Waals surface area contributed by atoms with Crippen LogP contribution in [-0.4, -0.2) is 5.91 Å². The average molecular weight is 316 g/mol. The van der Waals surface area contributed by atoms with Crippen LogP contribution in [0.5, 0.6) is 0 Å². The average Bonchev–Trinajstić information content (AvgIpc) is 2.55. The molecule has 0 aromatic heterocycles. The number of hydrogen-bond acceptors (Lipinski definition) is 2. The first kappa shape index (κ1) is 15.8. The Morgan fingerprint density at radius 3 is 2.08 bits per heavy atom. The van der Waals surface area contributed by atoms with E-state index in [1.807, 2.05) is 80.6 Å². The maximum Gasteiger partial charge on any atom is 0.257 e. The summed E-state index contributed by atoms with van der Waals surface area (Å²) in [5, 5.41) is 6.29. The largest absolute Gasteiger partial charge is 0.355 e. The molecule has 3 aromatic rings. The van der Waals surface area contributed by atoms with Gasteiger partial charge >= 0.3 is 0 Å². The number of benzene rings is 3. The number of para-hydroxylation sites is 2. The van der Waals surface area contributed by atoms with Crippen molar-refractivity contribution in [3.8, 4) is 0 Å². The van der Waals surface area contributed by atoms with Crippen molar-refractivity contribution >= 4 is 23.0 Å². The number of amides is 1. The molecule has 0 aliphatic heterocycles. The number of aryl methyl sites for hydroxylation is 2. The summed E-state index contributed by atoms with van der Waals surface area (Å²) in [4.78, 5) is 12.7. The summed E-state index contributed by atoms with van der Waals surface area (Å²) in [5.41, 5.74) is 5.41. The molecule has 0 aliphatic rings. The smallest absolute Gasteiger partial charge is 0.257 e. The zero-order valence-corrected chi connectivity index (χ0v) is 13.8. The molecular weight excluding hydrogens is 296 g/mol. The Labute approximate surface area is 142 Å². The first-order valence-electron chi connectivity index (χ1n) is 7.92. The number of nitrogens with one attached hydrogen (secondary N) is 2. The standard InChI is InChI=1S/C21H20N2O/c1-15-12-16(2)14-18(13-15)23-21(24)19-10-6-7-11-20(19)22-17-8-4-3-5-9-17/h3-14,22H,1-2H3,(H,23,24). The maximum absolute atomic E-state index is 12.7. The number of rotatable bonds is 4. The molecule has 3 aromatic carbocycles. The highest BCUT2D eigenvalue weighted by molar-refractivity contribution is 6.08. The van der Waals surface area contributed by atoms with E-state index in [0.29, 0.717) is 5.56 Å². The normalized spacial score (nSPS) is 10.2. The molecule has 3 heteroatoms. The van der Waals surface area contributed by atoms with Crippen LogP contribution in [0.25, 0.3) is 0 Å². The molecule has 0 bridgehead atoms. The van der Waals surface area contributed by atoms with Crippen molar-refractivity contribution < 1.29 is 4.79 Å². The van der Waals surface area contributed by atoms with Crippen LogP contribution in [0.3, 0.4) is 0 Å². The van der Waals surface area contributed by atoms with Crippen LogP contribution in [0.1, 0.15) is 21.5 Å². The van der Waals surface area contributed by atoms with Gasteiger partial charge in [0.1, 0.15) is 0 Å². The minimum absolute atomic E-state index is 0.126. The molecule has 3 nitrogen and oxygen atoms in total. The maximum atomic E-state index is 12.7. The molecule has 2 N–H and O–H groups in total. The molecule has 24 heavy (non-hydrogen) atoms. The highest BCUT2D eigenvalue weighted by atomic mass is 16.1. The van der Waals surface area contributed by atoms with Crippen molar-refractivity contribution in [3.05, 3.63) is 89.5 Å². The summed E-state index contributed by atoms with van der Waals surface area (Å²) in [5.74, 6) is -0.126. The van der Waals surface area contributed by atoms with Gasteiger partial charge in [-0.05, 0) is 61.4 Å². The third kappa shape index (κ3) is 3.82. The molecule has 0 spiro atoms. The third-order valence-corrected chi connectivity index (χ3v) is 3.70. The fourth-order valence-corrected chi connectivity index (χ4v) is 2.71. The van der Waals surface area contributed by atoms with Gasteiger partial charge in [0.2, 0.25) is 0 Å². The lowest BCUT2D eigenvalue weighted by Crippen LogP contribution is -2.14. The van der Waals surface area contributed by atoms with Gasteiger partial charge in [0.05, 0.1) is 11.3 Å². The van der Waals surface area contributed by atoms with Gasteiger partial charge in [0.15, 0.2) is 0 Å². The van der Waals surface area contributed by atoms with Crippen LogP contribution in [0, 0.1) is 13.8 Å². The Kier molecular flexibility index (Phi) is 4.62. The zero-order valence-electron chi connectivity index (χ0n) is 13.8. The minimum Gasteiger partial charge on any atom is -0.355 e. The Hall–Kier alpha value is -3.07. The Bertz CT molecular complexity index is 836. The van der Waals surface area contributed by atoms with E-state index in [1.165, 1.54) is 0 Å². The van der Waals surface area contributed by atoms with Crippen LogP contribution in [-0.2, 0) is 0 Å². The molecule has 120 valence electrons. The predicted molar refractivity (Wildman–Crippen MR) is 100 cm³/mol. The number of anilines is 3. The fourth-order valence-electron chi connectivity index (χ4n) is 2.71. The quantitative estimate of drug-likeness (QED) is 0.686. The van der Waals surface area contributed by atoms with E-state index in [0.717, 1.165) is 28.2 Å². The Morgan fingerprint density at radius 2 is 1.38 bits per heavy atom. The minimum atomic E-state index is -0.126. The zero-order chi connectivity index (χ0) is 16.9. The van der Waals surface area contributed by atoms with Gasteiger partial charge in [-0.25, -0.2) is 0 Å². The van der Waals surface area contributed by atoms with Gasteiger partial charge in [-0.3, -0.25) is 4.79 Å². The van der Waals surface area contributed by atoms with Crippen LogP contribution in [0.15, 0.2) is 72.8 Å². The van der Waals surface area contributed by atoms with E-state index in [2.05, 4.69) is 16.7 Å². The molecule has 0 saturated heterocycles. The van der Waals surface area contributed by atoms with Crippen LogP contribution in [0.4, 0.5) is 17.1 Å². The topological polar surface area (TPSA) is 41.1 Å². The van der Waals surface area contributed by atoms with Crippen molar-refractivity contribution in [1.82, 2.24) is 0 Å². The summed E-state index contributed by atoms with van der Waals surface area (Å²) < 4.78 is 0. The van der Waals surface area contributed by atoms with Crippen LogP contribution >= 0.6 is 0 Å². The lowest BCUT2D eigenvalue weighted by atomic mass is 10.1. The second kappa shape index (κ2) is 7.01. The lowest BCUT2D eigenvalue weighted by Gasteiger charge is -2.13. The van der Waals surface area contributed by atoms with Crippen molar-refractivity contribution in [2.75, 3.05) is 10.6 Å². The molecule has 0 atom stereocenters. The molecule has 1 amide bonds. The second-order valence-electron chi connectivity index (χ2n) is 5.87. The molecular formula is C21H20N2O. The summed E-state index contributed by atoms with van der Waals surface area (Å²) in [6, 6.07) is 23.4. The van der Waals surface area contributed by atoms with Gasteiger partial charge in [0.25, 0.3) is 5.91 Å². The van der Waals surface area contributed by atoms with Crippen molar-refractivity contribution in [2.24, 2.45) is 0 Å². The summed E-state index contributed by atoms with van der Waals surface area (Å²) >= 11 is 0. The van der Waals surface area contributed by atoms with Crippen molar-refractivity contribution in [3.63, 3.8) is 0 Å². The van der Waals surface area contributed by atoms with Gasteiger partial charge < -0.3 is 10.6 Å². The first-order chi connectivity index (χ1) is 11.6. The molecule has 0 aliphatic carbocycles. The van der Waals surface area contributed by atoms with E-state index >= 15 is 0 Å². The Morgan fingerprint density at radius 1 is 0.750 bits per heavy atom. The molecule has 0 radical (unpaired) electrons. The van der Waals surface area contributed by atoms with Crippen molar-refractivity contribution in [1.29, 1.82) is 0 Å². The second-order valence-corrected chi connectivity index (χ2v) is 5.87. The summed E-state index contributed by atoms with van der Waals surface area (Å²) in [6.07, 6.45) is 0. The van der Waals surface area contributed by atoms with Gasteiger partial charge in [0, 0.05) is 11.4 Å². The highest BCUT2D eigenvalue weighted by Gasteiger charge is 2.11. The monoisotopic (exact) mass is 316 g/mol. The highest BCUT2D eigenvalue weighted by Crippen LogP contribution is 2.22. The van der Waals surface area contributed by atoms with Gasteiger partial charge in [-0.2, -0.15) is 0 Å². The molecule has 0 fully saturated rings. The molecule has 3 rings (SSSR count). The molecule has 0 unspecified atom stereocenters. The van der Waals surface area contributed by atoms with Crippen molar-refractivity contribution in [2.45, 2.75) is 13.8 Å². The number of carbonyl (C=O) groups excluding carboxylic acids is 1.